The third-order valence-electron chi connectivity index (χ3n) is 5.57. The molecule has 0 aliphatic carbocycles. The molecule has 1 aliphatic heterocycles. The quantitative estimate of drug-likeness (QED) is 0.295. The number of aryl methyl sites for hydroxylation is 3. The van der Waals surface area contributed by atoms with E-state index in [0.717, 1.165) is 10.3 Å². The summed E-state index contributed by atoms with van der Waals surface area (Å²) in [5, 5.41) is 12.6. The van der Waals surface area contributed by atoms with Gasteiger partial charge in [-0.3, -0.25) is 14.5 Å². The summed E-state index contributed by atoms with van der Waals surface area (Å²) >= 11 is 15.6. The number of hydrogen-bond donors (Lipinski definition) is 1. The third-order valence-corrected chi connectivity index (χ3v) is 8.32. The Labute approximate surface area is 213 Å². The number of carbonyl (C=O) groups excluding carboxylic acids is 2. The highest BCUT2D eigenvalue weighted by Crippen LogP contribution is 2.48. The number of anilines is 1. The monoisotopic (exact) mass is 529 g/mol. The molecule has 0 saturated carbocycles. The number of benzene rings is 2. The van der Waals surface area contributed by atoms with E-state index >= 15 is 0 Å². The maximum atomic E-state index is 13.7. The molecule has 0 fully saturated rings. The number of nitrogens with zero attached hydrogens (tertiary/aromatic N) is 3. The van der Waals surface area contributed by atoms with Gasteiger partial charge < -0.3 is 5.11 Å². The first-order valence-corrected chi connectivity index (χ1v) is 12.6. The number of Topliss-reactive ketones (excluding diaryl/α,β-unsaturated/α-hetero) is 1. The van der Waals surface area contributed by atoms with Gasteiger partial charge in [-0.05, 0) is 50.6 Å². The van der Waals surface area contributed by atoms with Crippen LogP contribution in [0.25, 0.3) is 10.2 Å². The summed E-state index contributed by atoms with van der Waals surface area (Å²) in [4.78, 5) is 37.7. The highest BCUT2D eigenvalue weighted by Gasteiger charge is 2.47. The van der Waals surface area contributed by atoms with Gasteiger partial charge in [0.1, 0.15) is 6.04 Å². The molecule has 5 rings (SSSR count). The van der Waals surface area contributed by atoms with Crippen LogP contribution in [0.15, 0.2) is 47.7 Å². The summed E-state index contributed by atoms with van der Waals surface area (Å²) in [7, 11) is 0. The zero-order valence-electron chi connectivity index (χ0n) is 18.2. The predicted octanol–water partition coefficient (Wildman–Crippen LogP) is 6.77. The van der Waals surface area contributed by atoms with Crippen molar-refractivity contribution in [3.8, 4) is 0 Å². The maximum absolute atomic E-state index is 13.7. The van der Waals surface area contributed by atoms with Crippen LogP contribution in [0, 0.1) is 20.8 Å². The minimum absolute atomic E-state index is 0.0952. The summed E-state index contributed by atoms with van der Waals surface area (Å²) in [5.41, 5.74) is 2.53. The summed E-state index contributed by atoms with van der Waals surface area (Å²) in [6, 6.07) is 9.66. The minimum Gasteiger partial charge on any atom is -0.503 e. The SMILES string of the molecule is Cc1ccc2nc(N3C(=O)C(O)=C(C(=O)c4sc(C)nc4C)C3c3c(Cl)cccc3Cl)sc2c1. The Bertz CT molecular complexity index is 1520. The van der Waals surface area contributed by atoms with Crippen molar-refractivity contribution in [2.75, 3.05) is 4.90 Å². The summed E-state index contributed by atoms with van der Waals surface area (Å²) in [6.07, 6.45) is 0. The number of aliphatic hydroxyl groups is 1. The lowest BCUT2D eigenvalue weighted by atomic mass is 9.95. The average molecular weight is 530 g/mol. The van der Waals surface area contributed by atoms with E-state index in [-0.39, 0.29) is 15.6 Å². The third kappa shape index (κ3) is 3.62. The molecule has 2 aromatic carbocycles. The van der Waals surface area contributed by atoms with Crippen molar-refractivity contribution >= 4 is 72.9 Å². The standard InChI is InChI=1S/C24H17Cl2N3O3S2/c1-10-7-8-15-16(9-10)34-24(28-15)29-19(17-13(25)5-4-6-14(17)26)18(21(31)23(29)32)20(30)22-11(2)27-12(3)33-22/h4-9,19,31H,1-3H3. The predicted molar refractivity (Wildman–Crippen MR) is 137 cm³/mol. The van der Waals surface area contributed by atoms with E-state index in [1.54, 1.807) is 32.0 Å². The Morgan fingerprint density at radius 1 is 1.06 bits per heavy atom. The Hall–Kier alpha value is -2.78. The van der Waals surface area contributed by atoms with E-state index < -0.39 is 23.5 Å². The van der Waals surface area contributed by atoms with E-state index in [1.165, 1.54) is 27.6 Å². The van der Waals surface area contributed by atoms with Gasteiger partial charge in [-0.1, -0.05) is 46.7 Å². The van der Waals surface area contributed by atoms with Gasteiger partial charge in [0.25, 0.3) is 5.91 Å². The van der Waals surface area contributed by atoms with Crippen LogP contribution in [0.3, 0.4) is 0 Å². The van der Waals surface area contributed by atoms with Crippen molar-refractivity contribution < 1.29 is 14.7 Å². The largest absolute Gasteiger partial charge is 0.503 e. The van der Waals surface area contributed by atoms with Crippen LogP contribution in [-0.4, -0.2) is 26.8 Å². The zero-order valence-corrected chi connectivity index (χ0v) is 21.4. The fourth-order valence-electron chi connectivity index (χ4n) is 4.07. The van der Waals surface area contributed by atoms with Crippen LogP contribution in [0.5, 0.6) is 0 Å². The molecule has 1 unspecified atom stereocenters. The molecule has 1 amide bonds. The van der Waals surface area contributed by atoms with E-state index in [2.05, 4.69) is 9.97 Å². The van der Waals surface area contributed by atoms with Crippen LogP contribution in [0.2, 0.25) is 10.0 Å². The Morgan fingerprint density at radius 3 is 2.41 bits per heavy atom. The number of amides is 1. The minimum atomic E-state index is -1.05. The number of thiazole rings is 2. The number of aromatic nitrogens is 2. The molecule has 4 aromatic rings. The normalized spacial score (nSPS) is 16.2. The van der Waals surface area contributed by atoms with Gasteiger partial charge in [-0.15, -0.1) is 11.3 Å². The number of ketones is 1. The lowest BCUT2D eigenvalue weighted by Gasteiger charge is -2.26. The first-order chi connectivity index (χ1) is 16.2. The molecule has 1 aliphatic rings. The number of fused-ring (bicyclic) bond motifs is 1. The molecule has 6 nitrogen and oxygen atoms in total. The molecule has 0 radical (unpaired) electrons. The topological polar surface area (TPSA) is 83.4 Å². The van der Waals surface area contributed by atoms with Crippen molar-refractivity contribution in [1.29, 1.82) is 0 Å². The fraction of sp³-hybridized carbons (Fsp3) is 0.167. The lowest BCUT2D eigenvalue weighted by molar-refractivity contribution is -0.117. The van der Waals surface area contributed by atoms with Crippen LogP contribution in [0.1, 0.15) is 37.5 Å². The molecule has 3 heterocycles. The molecular weight excluding hydrogens is 513 g/mol. The zero-order chi connectivity index (χ0) is 24.3. The second kappa shape index (κ2) is 8.46. The van der Waals surface area contributed by atoms with Gasteiger partial charge in [-0.25, -0.2) is 9.97 Å². The molecule has 34 heavy (non-hydrogen) atoms. The van der Waals surface area contributed by atoms with Gasteiger partial charge in [0.2, 0.25) is 5.78 Å². The van der Waals surface area contributed by atoms with E-state index in [0.29, 0.717) is 31.8 Å². The van der Waals surface area contributed by atoms with Crippen molar-refractivity contribution in [3.05, 3.63) is 84.5 Å². The maximum Gasteiger partial charge on any atom is 0.296 e. The van der Waals surface area contributed by atoms with Crippen LogP contribution < -0.4 is 4.90 Å². The average Bonchev–Trinajstić information content (AvgIpc) is 3.41. The van der Waals surface area contributed by atoms with Crippen molar-refractivity contribution in [2.45, 2.75) is 26.8 Å². The Kier molecular flexibility index (Phi) is 5.72. The molecule has 10 heteroatoms. The number of carbonyl (C=O) groups is 2. The van der Waals surface area contributed by atoms with Gasteiger partial charge >= 0.3 is 0 Å². The Morgan fingerprint density at radius 2 is 1.76 bits per heavy atom. The van der Waals surface area contributed by atoms with E-state index in [9.17, 15) is 14.7 Å². The molecule has 172 valence electrons. The molecule has 0 spiro atoms. The smallest absolute Gasteiger partial charge is 0.296 e. The summed E-state index contributed by atoms with van der Waals surface area (Å²) in [6.45, 7) is 5.48. The van der Waals surface area contributed by atoms with Gasteiger partial charge in [0, 0.05) is 15.6 Å². The Balaban J connectivity index is 1.74. The van der Waals surface area contributed by atoms with Crippen molar-refractivity contribution in [3.63, 3.8) is 0 Å². The van der Waals surface area contributed by atoms with Crippen molar-refractivity contribution in [2.24, 2.45) is 0 Å². The second-order valence-corrected chi connectivity index (χ2v) is 10.9. The van der Waals surface area contributed by atoms with Gasteiger partial charge in [-0.2, -0.15) is 0 Å². The molecule has 1 atom stereocenters. The molecule has 0 bridgehead atoms. The van der Waals surface area contributed by atoms with Gasteiger partial charge in [0.15, 0.2) is 10.9 Å². The number of aliphatic hydroxyl groups excluding tert-OH is 1. The highest BCUT2D eigenvalue weighted by molar-refractivity contribution is 7.22. The summed E-state index contributed by atoms with van der Waals surface area (Å²) < 4.78 is 0.875. The molecule has 0 saturated heterocycles. The van der Waals surface area contributed by atoms with E-state index in [4.69, 9.17) is 23.2 Å². The number of halogens is 2. The highest BCUT2D eigenvalue weighted by atomic mass is 35.5. The van der Waals surface area contributed by atoms with Crippen LogP contribution in [-0.2, 0) is 4.79 Å². The van der Waals surface area contributed by atoms with Gasteiger partial charge in [0.05, 0.1) is 31.4 Å². The summed E-state index contributed by atoms with van der Waals surface area (Å²) in [5.74, 6) is -1.87. The number of rotatable bonds is 4. The molecule has 1 N–H and O–H groups in total. The second-order valence-electron chi connectivity index (χ2n) is 7.92. The van der Waals surface area contributed by atoms with Crippen LogP contribution in [0.4, 0.5) is 5.13 Å². The molecular formula is C24H17Cl2N3O3S2. The first-order valence-electron chi connectivity index (χ1n) is 10.2. The number of hydrogen-bond acceptors (Lipinski definition) is 7. The first kappa shape index (κ1) is 23.0. The van der Waals surface area contributed by atoms with Crippen LogP contribution >= 0.6 is 45.9 Å². The molecule has 2 aromatic heterocycles. The van der Waals surface area contributed by atoms with Crippen molar-refractivity contribution in [1.82, 2.24) is 9.97 Å². The fourth-order valence-corrected chi connectivity index (χ4v) is 6.64. The van der Waals surface area contributed by atoms with E-state index in [1.807, 2.05) is 25.1 Å². The lowest BCUT2D eigenvalue weighted by Crippen LogP contribution is -2.31.